The van der Waals surface area contributed by atoms with Crippen LogP contribution in [0.15, 0.2) is 36.4 Å². The summed E-state index contributed by atoms with van der Waals surface area (Å²) in [5.41, 5.74) is 0. The van der Waals surface area contributed by atoms with Crippen LogP contribution in [0.25, 0.3) is 0 Å². The van der Waals surface area contributed by atoms with E-state index in [0.717, 1.165) is 0 Å². The van der Waals surface area contributed by atoms with E-state index in [0.29, 0.717) is 0 Å². The molecule has 0 fully saturated rings. The van der Waals surface area contributed by atoms with Gasteiger partial charge in [-0.1, -0.05) is 57.2 Å². The first-order valence-electron chi connectivity index (χ1n) is 5.08. The molecule has 0 spiro atoms. The number of benzene rings is 1. The molecular formula is C12H22O2Si. The van der Waals surface area contributed by atoms with Gasteiger partial charge in [-0.15, -0.1) is 0 Å². The first-order chi connectivity index (χ1) is 7.02. The fourth-order valence-electron chi connectivity index (χ4n) is 1.19. The van der Waals surface area contributed by atoms with Crippen LogP contribution < -0.4 is 0 Å². The summed E-state index contributed by atoms with van der Waals surface area (Å²) in [5, 5.41) is 0.212. The van der Waals surface area contributed by atoms with Crippen molar-refractivity contribution in [2.24, 2.45) is 0 Å². The van der Waals surface area contributed by atoms with E-state index in [2.05, 4.69) is 20.8 Å². The zero-order chi connectivity index (χ0) is 11.7. The second-order valence-electron chi connectivity index (χ2n) is 4.32. The van der Waals surface area contributed by atoms with Crippen LogP contribution in [-0.4, -0.2) is 23.5 Å². The van der Waals surface area contributed by atoms with Crippen molar-refractivity contribution in [1.82, 2.24) is 0 Å². The fourth-order valence-corrected chi connectivity index (χ4v) is 2.79. The van der Waals surface area contributed by atoms with Crippen LogP contribution in [0, 0.1) is 0 Å². The van der Waals surface area contributed by atoms with Gasteiger partial charge >= 0.3 is 9.28 Å². The molecule has 0 radical (unpaired) electrons. The molecule has 1 aromatic rings. The van der Waals surface area contributed by atoms with Gasteiger partial charge in [-0.3, -0.25) is 0 Å². The predicted octanol–water partition coefficient (Wildman–Crippen LogP) is 2.99. The van der Waals surface area contributed by atoms with E-state index in [9.17, 15) is 0 Å². The van der Waals surface area contributed by atoms with Gasteiger partial charge in [0.2, 0.25) is 0 Å². The maximum absolute atomic E-state index is 5.18. The van der Waals surface area contributed by atoms with E-state index >= 15 is 0 Å². The van der Waals surface area contributed by atoms with Crippen LogP contribution in [0.5, 0.6) is 0 Å². The lowest BCUT2D eigenvalue weighted by Gasteiger charge is -2.24. The summed E-state index contributed by atoms with van der Waals surface area (Å²) in [4.78, 5) is 0. The lowest BCUT2D eigenvalue weighted by atomic mass is 10.3. The Morgan fingerprint density at radius 2 is 1.00 bits per heavy atom. The third kappa shape index (κ3) is 7.30. The Morgan fingerprint density at radius 1 is 0.733 bits per heavy atom. The van der Waals surface area contributed by atoms with Crippen molar-refractivity contribution in [1.29, 1.82) is 0 Å². The molecule has 3 heteroatoms. The summed E-state index contributed by atoms with van der Waals surface area (Å²) >= 11 is 0. The van der Waals surface area contributed by atoms with Gasteiger partial charge in [0.1, 0.15) is 0 Å². The van der Waals surface area contributed by atoms with Gasteiger partial charge < -0.3 is 8.85 Å². The summed E-state index contributed by atoms with van der Waals surface area (Å²) in [5.74, 6) is 0. The largest absolute Gasteiger partial charge is 0.400 e. The first kappa shape index (κ1) is 14.4. The highest BCUT2D eigenvalue weighted by molar-refractivity contribution is 6.48. The van der Waals surface area contributed by atoms with Gasteiger partial charge in [-0.05, 0) is 0 Å². The molecule has 86 valence electrons. The minimum Gasteiger partial charge on any atom is -0.400 e. The normalized spacial score (nSPS) is 10.8. The van der Waals surface area contributed by atoms with Crippen LogP contribution in [0.4, 0.5) is 0 Å². The van der Waals surface area contributed by atoms with Crippen LogP contribution in [0.1, 0.15) is 20.8 Å². The molecule has 0 aliphatic rings. The highest BCUT2D eigenvalue weighted by atomic mass is 28.3. The Balaban J connectivity index is 0.000000280. The topological polar surface area (TPSA) is 18.5 Å². The van der Waals surface area contributed by atoms with Crippen molar-refractivity contribution in [2.45, 2.75) is 25.8 Å². The van der Waals surface area contributed by atoms with Crippen molar-refractivity contribution in [2.75, 3.05) is 14.2 Å². The van der Waals surface area contributed by atoms with Crippen LogP contribution >= 0.6 is 0 Å². The maximum Gasteiger partial charge on any atom is 0.326 e. The van der Waals surface area contributed by atoms with E-state index in [1.54, 1.807) is 14.2 Å². The van der Waals surface area contributed by atoms with Gasteiger partial charge in [0, 0.05) is 19.3 Å². The average Bonchev–Trinajstić information content (AvgIpc) is 2.21. The Hall–Kier alpha value is -0.643. The molecule has 0 bridgehead atoms. The molecule has 15 heavy (non-hydrogen) atoms. The van der Waals surface area contributed by atoms with E-state index in [-0.39, 0.29) is 5.04 Å². The molecule has 0 unspecified atom stereocenters. The maximum atomic E-state index is 5.18. The first-order valence-corrected chi connectivity index (χ1v) is 6.60. The summed E-state index contributed by atoms with van der Waals surface area (Å²) in [7, 11) is 2.05. The lowest BCUT2D eigenvalue weighted by molar-refractivity contribution is 0.251. The zero-order valence-corrected chi connectivity index (χ0v) is 11.5. The zero-order valence-electron chi connectivity index (χ0n) is 10.4. The smallest absolute Gasteiger partial charge is 0.326 e. The molecular weight excluding hydrogens is 204 g/mol. The quantitative estimate of drug-likeness (QED) is 0.722. The summed E-state index contributed by atoms with van der Waals surface area (Å²) in [6.07, 6.45) is 0. The number of rotatable bonds is 2. The van der Waals surface area contributed by atoms with Gasteiger partial charge in [-0.25, -0.2) is 0 Å². The number of hydrogen-bond donors (Lipinski definition) is 0. The molecule has 0 aliphatic carbocycles. The van der Waals surface area contributed by atoms with Gasteiger partial charge in [0.15, 0.2) is 0 Å². The van der Waals surface area contributed by atoms with Gasteiger partial charge in [0.25, 0.3) is 0 Å². The lowest BCUT2D eigenvalue weighted by Crippen LogP contribution is -2.30. The Labute approximate surface area is 95.1 Å². The average molecular weight is 226 g/mol. The second kappa shape index (κ2) is 7.62. The predicted molar refractivity (Wildman–Crippen MR) is 67.3 cm³/mol. The molecule has 0 amide bonds. The van der Waals surface area contributed by atoms with E-state index < -0.39 is 9.28 Å². The van der Waals surface area contributed by atoms with Gasteiger partial charge in [0.05, 0.1) is 0 Å². The molecule has 0 saturated carbocycles. The summed E-state index contributed by atoms with van der Waals surface area (Å²) in [6, 6.07) is 12.0. The Morgan fingerprint density at radius 3 is 1.07 bits per heavy atom. The summed E-state index contributed by atoms with van der Waals surface area (Å²) < 4.78 is 10.4. The van der Waals surface area contributed by atoms with E-state index in [1.165, 1.54) is 0 Å². The third-order valence-electron chi connectivity index (χ3n) is 1.80. The minimum atomic E-state index is -1.38. The van der Waals surface area contributed by atoms with Gasteiger partial charge in [-0.2, -0.15) is 0 Å². The molecule has 0 aliphatic heterocycles. The molecule has 0 atom stereocenters. The number of hydrogen-bond acceptors (Lipinski definition) is 2. The van der Waals surface area contributed by atoms with Crippen molar-refractivity contribution >= 4 is 9.28 Å². The molecule has 0 aromatic heterocycles. The minimum absolute atomic E-state index is 0.212. The monoisotopic (exact) mass is 226 g/mol. The van der Waals surface area contributed by atoms with Crippen LogP contribution in [-0.2, 0) is 8.85 Å². The van der Waals surface area contributed by atoms with Crippen molar-refractivity contribution < 1.29 is 8.85 Å². The fraction of sp³-hybridized carbons (Fsp3) is 0.500. The van der Waals surface area contributed by atoms with Crippen molar-refractivity contribution in [3.8, 4) is 0 Å². The van der Waals surface area contributed by atoms with Crippen molar-refractivity contribution in [3.63, 3.8) is 0 Å². The highest BCUT2D eigenvalue weighted by Crippen LogP contribution is 2.26. The molecule has 2 nitrogen and oxygen atoms in total. The summed E-state index contributed by atoms with van der Waals surface area (Å²) in [6.45, 7) is 6.41. The second-order valence-corrected chi connectivity index (χ2v) is 7.66. The third-order valence-corrected chi connectivity index (χ3v) is 4.07. The van der Waals surface area contributed by atoms with Crippen molar-refractivity contribution in [3.05, 3.63) is 36.4 Å². The molecule has 0 heterocycles. The Bertz CT molecular complexity index is 200. The molecule has 1 aromatic carbocycles. The van der Waals surface area contributed by atoms with Crippen LogP contribution in [0.2, 0.25) is 5.04 Å². The van der Waals surface area contributed by atoms with E-state index in [1.807, 2.05) is 36.4 Å². The Kier molecular flexibility index (Phi) is 7.30. The molecule has 0 N–H and O–H groups in total. The standard InChI is InChI=1S/C6H16O2Si.C6H6/c1-6(2,3)9(7-4)8-5;1-2-4-6-5-3-1/h9H,1-5H3;1-6H. The van der Waals surface area contributed by atoms with Crippen LogP contribution in [0.3, 0.4) is 0 Å². The SMILES string of the molecule is CO[SiH](OC)C(C)(C)C.c1ccccc1. The molecule has 1 rings (SSSR count). The highest BCUT2D eigenvalue weighted by Gasteiger charge is 2.27. The van der Waals surface area contributed by atoms with E-state index in [4.69, 9.17) is 8.85 Å². The molecule has 0 saturated heterocycles.